The molecule has 3 rings (SSSR count). The molecule has 6 nitrogen and oxygen atoms in total. The predicted molar refractivity (Wildman–Crippen MR) is 102 cm³/mol. The van der Waals surface area contributed by atoms with Gasteiger partial charge in [0.25, 0.3) is 0 Å². The maximum Gasteiger partial charge on any atom is 0.315 e. The van der Waals surface area contributed by atoms with Crippen LogP contribution >= 0.6 is 0 Å². The molecule has 1 unspecified atom stereocenters. The van der Waals surface area contributed by atoms with Gasteiger partial charge in [0.05, 0.1) is 24.9 Å². The van der Waals surface area contributed by atoms with Gasteiger partial charge in [-0.15, -0.1) is 0 Å². The number of carbonyl (C=O) groups is 1. The number of aromatic nitrogens is 2. The standard InChI is InChI=1S/C20H34N4O2/c1-20(10-5-3-4-6-11-20)15-21-19(25)22-17-9-7-8-16-14-24(12-13-26-2)23-18(16)17/h14,17H,3-13,15H2,1-2H3,(H2,21,22,25). The lowest BCUT2D eigenvalue weighted by Crippen LogP contribution is -2.43. The highest BCUT2D eigenvalue weighted by atomic mass is 16.5. The van der Waals surface area contributed by atoms with E-state index in [4.69, 9.17) is 9.84 Å². The fraction of sp³-hybridized carbons (Fsp3) is 0.800. The largest absolute Gasteiger partial charge is 0.383 e. The summed E-state index contributed by atoms with van der Waals surface area (Å²) in [6.45, 7) is 4.48. The van der Waals surface area contributed by atoms with Gasteiger partial charge >= 0.3 is 6.03 Å². The second kappa shape index (κ2) is 8.89. The molecular weight excluding hydrogens is 328 g/mol. The third-order valence-electron chi connectivity index (χ3n) is 5.96. The van der Waals surface area contributed by atoms with Crippen molar-refractivity contribution in [1.29, 1.82) is 0 Å². The number of fused-ring (bicyclic) bond motifs is 1. The molecule has 0 bridgehead atoms. The van der Waals surface area contributed by atoms with E-state index in [1.165, 1.54) is 44.1 Å². The summed E-state index contributed by atoms with van der Waals surface area (Å²) in [4.78, 5) is 12.5. The van der Waals surface area contributed by atoms with Crippen LogP contribution in [0.5, 0.6) is 0 Å². The highest BCUT2D eigenvalue weighted by Crippen LogP contribution is 2.34. The Morgan fingerprint density at radius 1 is 1.31 bits per heavy atom. The number of amides is 2. The quantitative estimate of drug-likeness (QED) is 0.760. The van der Waals surface area contributed by atoms with E-state index in [0.717, 1.165) is 38.0 Å². The number of ether oxygens (including phenoxy) is 1. The van der Waals surface area contributed by atoms with Crippen LogP contribution in [-0.2, 0) is 17.7 Å². The summed E-state index contributed by atoms with van der Waals surface area (Å²) in [5.74, 6) is 0. The molecule has 26 heavy (non-hydrogen) atoms. The second-order valence-corrected chi connectivity index (χ2v) is 8.29. The molecule has 1 aromatic rings. The molecule has 0 radical (unpaired) electrons. The lowest BCUT2D eigenvalue weighted by molar-refractivity contribution is 0.183. The van der Waals surface area contributed by atoms with Gasteiger partial charge in [-0.2, -0.15) is 5.10 Å². The number of nitrogens with one attached hydrogen (secondary N) is 2. The van der Waals surface area contributed by atoms with Gasteiger partial charge in [-0.3, -0.25) is 4.68 Å². The number of hydrogen-bond acceptors (Lipinski definition) is 3. The first kappa shape index (κ1) is 19.2. The Morgan fingerprint density at radius 3 is 2.81 bits per heavy atom. The molecule has 0 aromatic carbocycles. The van der Waals surface area contributed by atoms with Crippen molar-refractivity contribution in [3.8, 4) is 0 Å². The van der Waals surface area contributed by atoms with E-state index in [-0.39, 0.29) is 17.5 Å². The van der Waals surface area contributed by atoms with Crippen LogP contribution in [0.1, 0.15) is 75.6 Å². The Balaban J connectivity index is 1.54. The number of methoxy groups -OCH3 is 1. The Labute approximate surface area is 157 Å². The first-order valence-electron chi connectivity index (χ1n) is 10.2. The van der Waals surface area contributed by atoms with E-state index in [0.29, 0.717) is 6.61 Å². The maximum atomic E-state index is 12.5. The third-order valence-corrected chi connectivity index (χ3v) is 5.96. The van der Waals surface area contributed by atoms with Gasteiger partial charge < -0.3 is 15.4 Å². The topological polar surface area (TPSA) is 68.2 Å². The van der Waals surface area contributed by atoms with Crippen molar-refractivity contribution in [3.05, 3.63) is 17.5 Å². The second-order valence-electron chi connectivity index (χ2n) is 8.29. The zero-order valence-electron chi connectivity index (χ0n) is 16.4. The molecule has 2 amide bonds. The number of aryl methyl sites for hydroxylation is 1. The van der Waals surface area contributed by atoms with Crippen molar-refractivity contribution in [2.24, 2.45) is 5.41 Å². The van der Waals surface area contributed by atoms with Crippen LogP contribution in [0, 0.1) is 5.41 Å². The van der Waals surface area contributed by atoms with Crippen LogP contribution in [0.2, 0.25) is 0 Å². The molecule has 1 saturated carbocycles. The monoisotopic (exact) mass is 362 g/mol. The molecule has 0 aliphatic heterocycles. The summed E-state index contributed by atoms with van der Waals surface area (Å²) in [7, 11) is 1.70. The molecule has 0 spiro atoms. The third kappa shape index (κ3) is 5.00. The molecule has 1 fully saturated rings. The highest BCUT2D eigenvalue weighted by molar-refractivity contribution is 5.74. The molecule has 146 valence electrons. The van der Waals surface area contributed by atoms with Crippen molar-refractivity contribution in [2.45, 2.75) is 77.3 Å². The fourth-order valence-electron chi connectivity index (χ4n) is 4.30. The van der Waals surface area contributed by atoms with Gasteiger partial charge in [-0.25, -0.2) is 4.79 Å². The smallest absolute Gasteiger partial charge is 0.315 e. The average molecular weight is 363 g/mol. The number of urea groups is 1. The zero-order chi connectivity index (χ0) is 18.4. The molecule has 2 N–H and O–H groups in total. The van der Waals surface area contributed by atoms with Gasteiger partial charge in [0.15, 0.2) is 0 Å². The minimum Gasteiger partial charge on any atom is -0.383 e. The Hall–Kier alpha value is -1.56. The fourth-order valence-corrected chi connectivity index (χ4v) is 4.30. The summed E-state index contributed by atoms with van der Waals surface area (Å²) < 4.78 is 7.08. The van der Waals surface area contributed by atoms with Crippen LogP contribution in [0.25, 0.3) is 0 Å². The Bertz CT molecular complexity index is 591. The van der Waals surface area contributed by atoms with Gasteiger partial charge in [0, 0.05) is 19.9 Å². The van der Waals surface area contributed by atoms with E-state index < -0.39 is 0 Å². The normalized spacial score (nSPS) is 22.3. The molecule has 6 heteroatoms. The van der Waals surface area contributed by atoms with Crippen LogP contribution in [0.3, 0.4) is 0 Å². The average Bonchev–Trinajstić information content (AvgIpc) is 2.93. The number of rotatable bonds is 6. The predicted octanol–water partition coefficient (Wildman–Crippen LogP) is 3.57. The van der Waals surface area contributed by atoms with E-state index in [1.807, 2.05) is 4.68 Å². The Kier molecular flexibility index (Phi) is 6.57. The van der Waals surface area contributed by atoms with E-state index >= 15 is 0 Å². The van der Waals surface area contributed by atoms with Crippen molar-refractivity contribution in [2.75, 3.05) is 20.3 Å². The highest BCUT2D eigenvalue weighted by Gasteiger charge is 2.28. The molecule has 1 heterocycles. The minimum atomic E-state index is -0.0558. The van der Waals surface area contributed by atoms with Crippen LogP contribution in [0.15, 0.2) is 6.20 Å². The summed E-state index contributed by atoms with van der Waals surface area (Å²) in [5.41, 5.74) is 2.53. The van der Waals surface area contributed by atoms with Crippen LogP contribution in [0.4, 0.5) is 4.79 Å². The number of nitrogens with zero attached hydrogens (tertiary/aromatic N) is 2. The Morgan fingerprint density at radius 2 is 2.08 bits per heavy atom. The SMILES string of the molecule is COCCn1cc2c(n1)C(NC(=O)NCC1(C)CCCCCC1)CCC2. The molecule has 2 aliphatic carbocycles. The number of carbonyl (C=O) groups excluding carboxylic acids is 1. The van der Waals surface area contributed by atoms with Crippen molar-refractivity contribution >= 4 is 6.03 Å². The van der Waals surface area contributed by atoms with E-state index in [1.54, 1.807) is 7.11 Å². The summed E-state index contributed by atoms with van der Waals surface area (Å²) >= 11 is 0. The maximum absolute atomic E-state index is 12.5. The minimum absolute atomic E-state index is 0.0180. The van der Waals surface area contributed by atoms with Crippen molar-refractivity contribution in [3.63, 3.8) is 0 Å². The first-order chi connectivity index (χ1) is 12.6. The lowest BCUT2D eigenvalue weighted by Gasteiger charge is -2.29. The van der Waals surface area contributed by atoms with Crippen molar-refractivity contribution in [1.82, 2.24) is 20.4 Å². The molecule has 1 atom stereocenters. The molecular formula is C20H34N4O2. The van der Waals surface area contributed by atoms with Crippen LogP contribution < -0.4 is 10.6 Å². The molecule has 0 saturated heterocycles. The van der Waals surface area contributed by atoms with E-state index in [2.05, 4.69) is 23.8 Å². The van der Waals surface area contributed by atoms with Crippen LogP contribution in [-0.4, -0.2) is 36.1 Å². The first-order valence-corrected chi connectivity index (χ1v) is 10.2. The van der Waals surface area contributed by atoms with E-state index in [9.17, 15) is 4.79 Å². The zero-order valence-corrected chi connectivity index (χ0v) is 16.4. The summed E-state index contributed by atoms with van der Waals surface area (Å²) in [6.07, 6.45) is 12.8. The van der Waals surface area contributed by atoms with Gasteiger partial charge in [0.1, 0.15) is 0 Å². The summed E-state index contributed by atoms with van der Waals surface area (Å²) in [6, 6.07) is -0.0377. The van der Waals surface area contributed by atoms with Gasteiger partial charge in [-0.1, -0.05) is 32.6 Å². The van der Waals surface area contributed by atoms with Gasteiger partial charge in [0.2, 0.25) is 0 Å². The lowest BCUT2D eigenvalue weighted by atomic mass is 9.82. The number of hydrogen-bond donors (Lipinski definition) is 2. The molecule has 2 aliphatic rings. The summed E-state index contributed by atoms with van der Waals surface area (Å²) in [5, 5.41) is 11.0. The van der Waals surface area contributed by atoms with Crippen molar-refractivity contribution < 1.29 is 9.53 Å². The van der Waals surface area contributed by atoms with Gasteiger partial charge in [-0.05, 0) is 43.1 Å². The molecule has 1 aromatic heterocycles.